The van der Waals surface area contributed by atoms with Gasteiger partial charge in [0.05, 0.1) is 0 Å². The lowest BCUT2D eigenvalue weighted by atomic mass is 10.1. The summed E-state index contributed by atoms with van der Waals surface area (Å²) in [5.74, 6) is 0. The Morgan fingerprint density at radius 3 is 2.42 bits per heavy atom. The molecule has 0 saturated carbocycles. The van der Waals surface area contributed by atoms with Gasteiger partial charge in [0.15, 0.2) is 0 Å². The summed E-state index contributed by atoms with van der Waals surface area (Å²) in [4.78, 5) is 0. The molecule has 0 N–H and O–H groups in total. The first-order valence-electron chi connectivity index (χ1n) is 7.66. The van der Waals surface area contributed by atoms with E-state index in [0.717, 1.165) is 10.0 Å². The second-order valence-corrected chi connectivity index (χ2v) is 6.04. The monoisotopic (exact) mass is 321 g/mol. The smallest absolute Gasteiger partial charge is 0.0181 e. The molecule has 1 aromatic rings. The van der Waals surface area contributed by atoms with Gasteiger partial charge in [-0.3, -0.25) is 0 Å². The minimum Gasteiger partial charge on any atom is -0.0839 e. The van der Waals surface area contributed by atoms with Crippen LogP contribution in [-0.4, -0.2) is 0 Å². The Bertz CT molecular complexity index is 354. The summed E-state index contributed by atoms with van der Waals surface area (Å²) in [6, 6.07) is 9.29. The summed E-state index contributed by atoms with van der Waals surface area (Å²) >= 11 is 3.48. The van der Waals surface area contributed by atoms with E-state index < -0.39 is 0 Å². The molecule has 0 aliphatic carbocycles. The predicted molar refractivity (Wildman–Crippen MR) is 89.2 cm³/mol. The van der Waals surface area contributed by atoms with Gasteiger partial charge in [0.25, 0.3) is 0 Å². The van der Waals surface area contributed by atoms with Crippen LogP contribution in [0, 0.1) is 6.07 Å². The number of rotatable bonds is 10. The first kappa shape index (κ1) is 16.5. The van der Waals surface area contributed by atoms with Gasteiger partial charge < -0.3 is 0 Å². The van der Waals surface area contributed by atoms with Gasteiger partial charge >= 0.3 is 0 Å². The summed E-state index contributed by atoms with van der Waals surface area (Å²) in [5, 5.41) is 0. The quantitative estimate of drug-likeness (QED) is 0.416. The Kier molecular flexibility index (Phi) is 9.79. The molecule has 0 saturated heterocycles. The van der Waals surface area contributed by atoms with Crippen LogP contribution in [0.4, 0.5) is 0 Å². The number of hydrogen-bond donors (Lipinski definition) is 0. The first-order chi connectivity index (χ1) is 9.33. The molecule has 0 atom stereocenters. The zero-order valence-electron chi connectivity index (χ0n) is 12.1. The van der Waals surface area contributed by atoms with Crippen molar-refractivity contribution in [3.63, 3.8) is 0 Å². The van der Waals surface area contributed by atoms with E-state index in [1.807, 2.05) is 12.1 Å². The van der Waals surface area contributed by atoms with Crippen molar-refractivity contribution in [2.24, 2.45) is 0 Å². The zero-order valence-corrected chi connectivity index (χ0v) is 13.7. The van der Waals surface area contributed by atoms with Crippen molar-refractivity contribution in [2.75, 3.05) is 0 Å². The van der Waals surface area contributed by atoms with Crippen molar-refractivity contribution in [3.8, 4) is 0 Å². The predicted octanol–water partition coefficient (Wildman–Crippen LogP) is 6.79. The summed E-state index contributed by atoms with van der Waals surface area (Å²) in [6.07, 6.45) is 16.8. The standard InChI is InChI=1S/C18H26Br/c1-2-3-4-5-6-7-8-9-10-11-13-17-14-12-15-18(19)16-17/h11-13,15-16H,2-10H2,1H3. The van der Waals surface area contributed by atoms with Crippen molar-refractivity contribution < 1.29 is 0 Å². The number of allylic oxidation sites excluding steroid dienone is 1. The maximum absolute atomic E-state index is 3.48. The van der Waals surface area contributed by atoms with Crippen LogP contribution >= 0.6 is 15.9 Å². The molecule has 1 rings (SSSR count). The Morgan fingerprint density at radius 1 is 1.05 bits per heavy atom. The van der Waals surface area contributed by atoms with Crippen LogP contribution in [-0.2, 0) is 0 Å². The molecule has 105 valence electrons. The van der Waals surface area contributed by atoms with Gasteiger partial charge in [0.1, 0.15) is 0 Å². The molecule has 0 aliphatic heterocycles. The van der Waals surface area contributed by atoms with Crippen molar-refractivity contribution in [2.45, 2.75) is 64.7 Å². The molecule has 0 amide bonds. The minimum absolute atomic E-state index is 1.12. The molecular formula is C18H26Br. The molecule has 0 aromatic heterocycles. The van der Waals surface area contributed by atoms with Gasteiger partial charge in [-0.1, -0.05) is 86.0 Å². The Balaban J connectivity index is 1.99. The van der Waals surface area contributed by atoms with Gasteiger partial charge in [-0.2, -0.15) is 0 Å². The molecule has 1 heteroatoms. The van der Waals surface area contributed by atoms with Crippen LogP contribution in [0.2, 0.25) is 0 Å². The van der Waals surface area contributed by atoms with E-state index in [4.69, 9.17) is 0 Å². The second kappa shape index (κ2) is 11.3. The number of unbranched alkanes of at least 4 members (excludes halogenated alkanes) is 8. The molecule has 0 fully saturated rings. The highest BCUT2D eigenvalue weighted by Crippen LogP contribution is 2.13. The molecule has 0 unspecified atom stereocenters. The van der Waals surface area contributed by atoms with Crippen LogP contribution in [0.5, 0.6) is 0 Å². The molecule has 0 heterocycles. The molecule has 19 heavy (non-hydrogen) atoms. The highest BCUT2D eigenvalue weighted by Gasteiger charge is 1.91. The van der Waals surface area contributed by atoms with Crippen LogP contribution in [0.15, 0.2) is 28.7 Å². The Morgan fingerprint density at radius 2 is 1.74 bits per heavy atom. The fraction of sp³-hybridized carbons (Fsp3) is 0.556. The van der Waals surface area contributed by atoms with E-state index in [-0.39, 0.29) is 0 Å². The fourth-order valence-corrected chi connectivity index (χ4v) is 2.54. The van der Waals surface area contributed by atoms with Crippen LogP contribution < -0.4 is 0 Å². The lowest BCUT2D eigenvalue weighted by Gasteiger charge is -2.00. The van der Waals surface area contributed by atoms with Gasteiger partial charge in [-0.15, -0.1) is 0 Å². The van der Waals surface area contributed by atoms with E-state index in [0.29, 0.717) is 0 Å². The van der Waals surface area contributed by atoms with Crippen molar-refractivity contribution in [1.82, 2.24) is 0 Å². The molecule has 0 bridgehead atoms. The summed E-state index contributed by atoms with van der Waals surface area (Å²) in [6.45, 7) is 2.27. The first-order valence-corrected chi connectivity index (χ1v) is 8.46. The Labute approximate surface area is 127 Å². The maximum atomic E-state index is 3.48. The van der Waals surface area contributed by atoms with E-state index in [2.05, 4.69) is 47.1 Å². The number of halogens is 1. The molecule has 0 nitrogen and oxygen atoms in total. The molecule has 1 aromatic carbocycles. The van der Waals surface area contributed by atoms with Crippen LogP contribution in [0.25, 0.3) is 6.08 Å². The summed E-state index contributed by atoms with van der Waals surface area (Å²) in [7, 11) is 0. The normalized spacial score (nSPS) is 11.3. The third-order valence-corrected chi connectivity index (χ3v) is 3.80. The zero-order chi connectivity index (χ0) is 13.8. The van der Waals surface area contributed by atoms with Gasteiger partial charge in [0.2, 0.25) is 0 Å². The van der Waals surface area contributed by atoms with E-state index in [1.54, 1.807) is 0 Å². The minimum atomic E-state index is 1.12. The highest BCUT2D eigenvalue weighted by molar-refractivity contribution is 9.10. The van der Waals surface area contributed by atoms with E-state index >= 15 is 0 Å². The Hall–Kier alpha value is -0.560. The lowest BCUT2D eigenvalue weighted by molar-refractivity contribution is 0.578. The van der Waals surface area contributed by atoms with Crippen LogP contribution in [0.3, 0.4) is 0 Å². The van der Waals surface area contributed by atoms with Crippen molar-refractivity contribution in [1.29, 1.82) is 0 Å². The van der Waals surface area contributed by atoms with E-state index in [9.17, 15) is 0 Å². The molecule has 1 radical (unpaired) electrons. The second-order valence-electron chi connectivity index (χ2n) is 5.13. The third-order valence-electron chi connectivity index (χ3n) is 3.31. The SMILES string of the molecule is CCCCCCCCCCC=Cc1[c]ccc(Br)c1. The van der Waals surface area contributed by atoms with Crippen LogP contribution in [0.1, 0.15) is 70.3 Å². The average molecular weight is 322 g/mol. The summed E-state index contributed by atoms with van der Waals surface area (Å²) in [5.41, 5.74) is 1.16. The van der Waals surface area contributed by atoms with E-state index in [1.165, 1.54) is 57.8 Å². The topological polar surface area (TPSA) is 0 Å². The largest absolute Gasteiger partial charge is 0.0839 e. The van der Waals surface area contributed by atoms with Crippen molar-refractivity contribution >= 4 is 22.0 Å². The molecule has 0 aliphatic rings. The lowest BCUT2D eigenvalue weighted by Crippen LogP contribution is -1.80. The third kappa shape index (κ3) is 9.04. The maximum Gasteiger partial charge on any atom is 0.0181 e. The summed E-state index contributed by atoms with van der Waals surface area (Å²) < 4.78 is 1.12. The van der Waals surface area contributed by atoms with Crippen molar-refractivity contribution in [3.05, 3.63) is 40.4 Å². The van der Waals surface area contributed by atoms with Gasteiger partial charge in [0, 0.05) is 4.47 Å². The number of hydrogen-bond acceptors (Lipinski definition) is 0. The average Bonchev–Trinajstić information content (AvgIpc) is 2.41. The van der Waals surface area contributed by atoms with Gasteiger partial charge in [-0.05, 0) is 36.6 Å². The number of benzene rings is 1. The highest BCUT2D eigenvalue weighted by atomic mass is 79.9. The van der Waals surface area contributed by atoms with Gasteiger partial charge in [-0.25, -0.2) is 0 Å². The fourth-order valence-electron chi connectivity index (χ4n) is 2.16. The molecule has 0 spiro atoms. The molecular weight excluding hydrogens is 296 g/mol.